The van der Waals surface area contributed by atoms with Gasteiger partial charge in [-0.1, -0.05) is 36.7 Å². The maximum atomic E-state index is 13.9. The van der Waals surface area contributed by atoms with Crippen LogP contribution in [0.1, 0.15) is 42.1 Å². The quantitative estimate of drug-likeness (QED) is 0.335. The van der Waals surface area contributed by atoms with Crippen molar-refractivity contribution in [3.8, 4) is 5.75 Å². The summed E-state index contributed by atoms with van der Waals surface area (Å²) in [5.74, 6) is -0.629. The van der Waals surface area contributed by atoms with Crippen molar-refractivity contribution in [1.29, 1.82) is 0 Å². The minimum atomic E-state index is -0.574. The summed E-state index contributed by atoms with van der Waals surface area (Å²) in [7, 11) is 1.38. The topological polar surface area (TPSA) is 61.2 Å². The van der Waals surface area contributed by atoms with Gasteiger partial charge in [0, 0.05) is 11.6 Å². The molecule has 29 heavy (non-hydrogen) atoms. The molecule has 5 nitrogen and oxygen atoms in total. The molecule has 0 saturated heterocycles. The molecule has 7 heteroatoms. The van der Waals surface area contributed by atoms with Crippen LogP contribution in [0.4, 0.5) is 4.39 Å². The first-order chi connectivity index (χ1) is 14.1. The van der Waals surface area contributed by atoms with Gasteiger partial charge >= 0.3 is 0 Å². The molecular weight excluding hydrogens is 391 g/mol. The molecule has 0 spiro atoms. The highest BCUT2D eigenvalue weighted by atomic mass is 32.2. The molecule has 0 bridgehead atoms. The van der Waals surface area contributed by atoms with Gasteiger partial charge in [0.15, 0.2) is 22.5 Å². The second-order valence-electron chi connectivity index (χ2n) is 7.09. The Morgan fingerprint density at radius 3 is 2.72 bits per heavy atom. The number of benzene rings is 2. The number of halogens is 1. The molecule has 1 fully saturated rings. The molecule has 0 radical (unpaired) electrons. The fourth-order valence-electron chi connectivity index (χ4n) is 3.77. The normalized spacial score (nSPS) is 14.4. The summed E-state index contributed by atoms with van der Waals surface area (Å²) < 4.78 is 20.6. The van der Waals surface area contributed by atoms with Gasteiger partial charge < -0.3 is 4.74 Å². The molecule has 1 heterocycles. The van der Waals surface area contributed by atoms with E-state index in [1.807, 2.05) is 12.1 Å². The second-order valence-corrected chi connectivity index (χ2v) is 8.03. The van der Waals surface area contributed by atoms with Crippen molar-refractivity contribution in [2.45, 2.75) is 36.9 Å². The minimum absolute atomic E-state index is 0.0621. The van der Waals surface area contributed by atoms with Crippen molar-refractivity contribution in [2.75, 3.05) is 12.9 Å². The number of nitrogens with zero attached hydrogens (tertiary/aromatic N) is 2. The van der Waals surface area contributed by atoms with Crippen LogP contribution >= 0.6 is 11.8 Å². The van der Waals surface area contributed by atoms with Crippen LogP contribution in [0, 0.1) is 5.82 Å². The summed E-state index contributed by atoms with van der Waals surface area (Å²) in [5, 5.41) is 1.13. The van der Waals surface area contributed by atoms with Crippen molar-refractivity contribution in [3.63, 3.8) is 0 Å². The van der Waals surface area contributed by atoms with E-state index in [4.69, 9.17) is 4.74 Å². The largest absolute Gasteiger partial charge is 0.494 e. The monoisotopic (exact) mass is 412 g/mol. The highest BCUT2D eigenvalue weighted by Gasteiger charge is 2.23. The number of hydrogen-bond acceptors (Lipinski definition) is 5. The number of hydrogen-bond donors (Lipinski definition) is 0. The third-order valence-electron chi connectivity index (χ3n) is 5.27. The van der Waals surface area contributed by atoms with Crippen LogP contribution in [-0.2, 0) is 0 Å². The van der Waals surface area contributed by atoms with Crippen LogP contribution in [0.5, 0.6) is 5.75 Å². The first-order valence-corrected chi connectivity index (χ1v) is 10.6. The number of methoxy groups -OCH3 is 1. The van der Waals surface area contributed by atoms with Crippen molar-refractivity contribution in [3.05, 3.63) is 64.2 Å². The Hall–Kier alpha value is -2.67. The molecular formula is C22H21FN2O3S. The van der Waals surface area contributed by atoms with Crippen molar-refractivity contribution in [1.82, 2.24) is 9.55 Å². The minimum Gasteiger partial charge on any atom is -0.494 e. The Labute approximate surface area is 171 Å². The van der Waals surface area contributed by atoms with E-state index in [-0.39, 0.29) is 34.5 Å². The molecule has 4 rings (SSSR count). The number of ether oxygens (including phenoxy) is 1. The third-order valence-corrected chi connectivity index (χ3v) is 6.22. The van der Waals surface area contributed by atoms with E-state index in [0.29, 0.717) is 16.1 Å². The van der Waals surface area contributed by atoms with Gasteiger partial charge in [-0.2, -0.15) is 0 Å². The van der Waals surface area contributed by atoms with Crippen LogP contribution < -0.4 is 10.3 Å². The number of ketones is 1. The summed E-state index contributed by atoms with van der Waals surface area (Å²) in [4.78, 5) is 30.4. The summed E-state index contributed by atoms with van der Waals surface area (Å²) >= 11 is 1.23. The number of carbonyl (C=O) groups is 1. The van der Waals surface area contributed by atoms with Crippen molar-refractivity contribution in [2.24, 2.45) is 0 Å². The third kappa shape index (κ3) is 3.92. The predicted molar refractivity (Wildman–Crippen MR) is 112 cm³/mol. The molecule has 0 aliphatic heterocycles. The van der Waals surface area contributed by atoms with Gasteiger partial charge in [-0.3, -0.25) is 14.2 Å². The standard InChI is InChI=1S/C22H21FN2O3S/c1-28-20-11-10-14(12-17(20)23)19(26)13-29-22-24-18-9-5-4-8-16(18)21(27)25(22)15-6-2-3-7-15/h4-5,8-12,15H,2-3,6-7,13H2,1H3. The average molecular weight is 412 g/mol. The van der Waals surface area contributed by atoms with Crippen LogP contribution in [0.2, 0.25) is 0 Å². The fourth-order valence-corrected chi connectivity index (χ4v) is 4.73. The van der Waals surface area contributed by atoms with E-state index >= 15 is 0 Å². The Bertz CT molecular complexity index is 1120. The lowest BCUT2D eigenvalue weighted by Gasteiger charge is -2.18. The number of para-hydroxylation sites is 1. The first-order valence-electron chi connectivity index (χ1n) is 9.59. The van der Waals surface area contributed by atoms with Gasteiger partial charge in [-0.05, 0) is 43.2 Å². The lowest BCUT2D eigenvalue weighted by Crippen LogP contribution is -2.26. The Kier molecular flexibility index (Phi) is 5.67. The van der Waals surface area contributed by atoms with E-state index in [2.05, 4.69) is 4.98 Å². The van der Waals surface area contributed by atoms with Gasteiger partial charge in [-0.25, -0.2) is 9.37 Å². The molecule has 1 aliphatic rings. The van der Waals surface area contributed by atoms with Gasteiger partial charge in [-0.15, -0.1) is 0 Å². The molecule has 2 aromatic carbocycles. The number of Topliss-reactive ketones (excluding diaryl/α,β-unsaturated/α-hetero) is 1. The van der Waals surface area contributed by atoms with E-state index in [1.165, 1.54) is 31.0 Å². The lowest BCUT2D eigenvalue weighted by atomic mass is 10.1. The zero-order valence-corrected chi connectivity index (χ0v) is 16.9. The molecule has 1 saturated carbocycles. The maximum absolute atomic E-state index is 13.9. The summed E-state index contributed by atoms with van der Waals surface area (Å²) in [6.07, 6.45) is 4.03. The van der Waals surface area contributed by atoms with Gasteiger partial charge in [0.05, 0.1) is 23.8 Å². The fraction of sp³-hybridized carbons (Fsp3) is 0.318. The zero-order valence-electron chi connectivity index (χ0n) is 16.1. The number of fused-ring (bicyclic) bond motifs is 1. The van der Waals surface area contributed by atoms with E-state index in [1.54, 1.807) is 22.8 Å². The van der Waals surface area contributed by atoms with Crippen LogP contribution in [0.15, 0.2) is 52.4 Å². The molecule has 1 aliphatic carbocycles. The summed E-state index contributed by atoms with van der Waals surface area (Å²) in [6.45, 7) is 0. The van der Waals surface area contributed by atoms with E-state index in [9.17, 15) is 14.0 Å². The first kappa shape index (κ1) is 19.6. The number of aromatic nitrogens is 2. The highest BCUT2D eigenvalue weighted by molar-refractivity contribution is 7.99. The second kappa shape index (κ2) is 8.37. The predicted octanol–water partition coefficient (Wildman–Crippen LogP) is 4.63. The molecule has 150 valence electrons. The smallest absolute Gasteiger partial charge is 0.262 e. The van der Waals surface area contributed by atoms with Gasteiger partial charge in [0.1, 0.15) is 0 Å². The molecule has 0 unspecified atom stereocenters. The summed E-state index contributed by atoms with van der Waals surface area (Å²) in [6, 6.07) is 11.5. The number of thioether (sulfide) groups is 1. The zero-order chi connectivity index (χ0) is 20.4. The van der Waals surface area contributed by atoms with Crippen molar-refractivity contribution < 1.29 is 13.9 Å². The Morgan fingerprint density at radius 1 is 1.24 bits per heavy atom. The molecule has 0 N–H and O–H groups in total. The Balaban J connectivity index is 1.64. The SMILES string of the molecule is COc1ccc(C(=O)CSc2nc3ccccc3c(=O)n2C2CCCC2)cc1F. The van der Waals surface area contributed by atoms with Crippen LogP contribution in [-0.4, -0.2) is 28.2 Å². The van der Waals surface area contributed by atoms with Crippen molar-refractivity contribution >= 4 is 28.4 Å². The van der Waals surface area contributed by atoms with E-state index in [0.717, 1.165) is 25.7 Å². The van der Waals surface area contributed by atoms with Gasteiger partial charge in [0.2, 0.25) is 0 Å². The Morgan fingerprint density at radius 2 is 2.00 bits per heavy atom. The molecule has 1 aromatic heterocycles. The summed E-state index contributed by atoms with van der Waals surface area (Å²) in [5.41, 5.74) is 0.830. The average Bonchev–Trinajstić information content (AvgIpc) is 3.26. The van der Waals surface area contributed by atoms with Gasteiger partial charge in [0.25, 0.3) is 5.56 Å². The molecule has 0 atom stereocenters. The molecule has 3 aromatic rings. The number of rotatable bonds is 6. The van der Waals surface area contributed by atoms with Crippen LogP contribution in [0.25, 0.3) is 10.9 Å². The molecule has 0 amide bonds. The highest BCUT2D eigenvalue weighted by Crippen LogP contribution is 2.32. The lowest BCUT2D eigenvalue weighted by molar-refractivity contribution is 0.102. The maximum Gasteiger partial charge on any atom is 0.262 e. The number of carbonyl (C=O) groups excluding carboxylic acids is 1. The van der Waals surface area contributed by atoms with Crippen LogP contribution in [0.3, 0.4) is 0 Å². The van der Waals surface area contributed by atoms with E-state index < -0.39 is 5.82 Å².